The van der Waals surface area contributed by atoms with Crippen LogP contribution in [0.15, 0.2) is 23.2 Å². The lowest BCUT2D eigenvalue weighted by molar-refractivity contribution is -0.121. The van der Waals surface area contributed by atoms with E-state index < -0.39 is 0 Å². The van der Waals surface area contributed by atoms with Gasteiger partial charge in [0.25, 0.3) is 0 Å². The molecule has 1 atom stereocenters. The van der Waals surface area contributed by atoms with Crippen LogP contribution in [0.2, 0.25) is 0 Å². The number of carbonyl (C=O) groups is 1. The van der Waals surface area contributed by atoms with E-state index in [1.165, 1.54) is 16.7 Å². The largest absolute Gasteiger partial charge is 0.370 e. The number of aryl methyl sites for hydroxylation is 2. The molecule has 2 N–H and O–H groups in total. The maximum atomic E-state index is 11.8. The highest BCUT2D eigenvalue weighted by atomic mass is 127. The van der Waals surface area contributed by atoms with Crippen LogP contribution in [0.5, 0.6) is 0 Å². The molecule has 6 nitrogen and oxygen atoms in total. The molecule has 1 aromatic carbocycles. The smallest absolute Gasteiger partial charge is 0.221 e. The number of hydrogen-bond donors (Lipinski definition) is 2. The Labute approximate surface area is 180 Å². The molecular weight excluding hydrogens is 455 g/mol. The first-order valence-corrected chi connectivity index (χ1v) is 9.34. The Morgan fingerprint density at radius 3 is 2.74 bits per heavy atom. The fourth-order valence-electron chi connectivity index (χ4n) is 3.23. The molecule has 1 aliphatic rings. The number of guanidine groups is 1. The van der Waals surface area contributed by atoms with Crippen molar-refractivity contribution < 1.29 is 9.53 Å². The predicted molar refractivity (Wildman–Crippen MR) is 121 cm³/mol. The molecular formula is C20H33IN4O2. The second-order valence-electron chi connectivity index (χ2n) is 7.11. The van der Waals surface area contributed by atoms with Gasteiger partial charge in [0.1, 0.15) is 6.10 Å². The van der Waals surface area contributed by atoms with E-state index in [2.05, 4.69) is 52.6 Å². The number of aliphatic imine (C=N–C) groups is 1. The molecule has 0 aliphatic carbocycles. The maximum Gasteiger partial charge on any atom is 0.221 e. The minimum atomic E-state index is 0. The van der Waals surface area contributed by atoms with Crippen molar-refractivity contribution in [3.05, 3.63) is 34.9 Å². The van der Waals surface area contributed by atoms with Gasteiger partial charge in [-0.1, -0.05) is 23.8 Å². The molecule has 27 heavy (non-hydrogen) atoms. The number of halogens is 1. The van der Waals surface area contributed by atoms with Crippen LogP contribution in [-0.4, -0.2) is 56.1 Å². The molecule has 1 heterocycles. The van der Waals surface area contributed by atoms with Gasteiger partial charge in [0, 0.05) is 32.6 Å². The summed E-state index contributed by atoms with van der Waals surface area (Å²) in [6.07, 6.45) is 0.467. The first-order valence-electron chi connectivity index (χ1n) is 9.34. The zero-order valence-corrected chi connectivity index (χ0v) is 19.4. The van der Waals surface area contributed by atoms with Gasteiger partial charge in [-0.25, -0.2) is 0 Å². The number of morpholine rings is 1. The van der Waals surface area contributed by atoms with Crippen molar-refractivity contribution in [3.8, 4) is 0 Å². The standard InChI is InChI=1S/C20H32N4O2.HI/c1-14(2)23-19(25)8-9-22-20(21-5)24-10-11-26-18(13-24)17-7-6-15(3)12-16(17)4;/h6-7,12,14,18H,8-11,13H2,1-5H3,(H,21,22)(H,23,25);1H. The quantitative estimate of drug-likeness (QED) is 0.380. The number of carbonyl (C=O) groups excluding carboxylic acids is 1. The Morgan fingerprint density at radius 2 is 2.11 bits per heavy atom. The van der Waals surface area contributed by atoms with Crippen LogP contribution in [0.1, 0.15) is 43.1 Å². The number of nitrogens with zero attached hydrogens (tertiary/aromatic N) is 2. The van der Waals surface area contributed by atoms with Crippen LogP contribution >= 0.6 is 24.0 Å². The van der Waals surface area contributed by atoms with Gasteiger partial charge in [0.15, 0.2) is 5.96 Å². The summed E-state index contributed by atoms with van der Waals surface area (Å²) in [6, 6.07) is 6.65. The second kappa shape index (κ2) is 11.5. The van der Waals surface area contributed by atoms with E-state index >= 15 is 0 Å². The molecule has 2 rings (SSSR count). The molecule has 152 valence electrons. The van der Waals surface area contributed by atoms with Crippen LogP contribution in [-0.2, 0) is 9.53 Å². The molecule has 1 unspecified atom stereocenters. The van der Waals surface area contributed by atoms with Crippen molar-refractivity contribution in [2.75, 3.05) is 33.3 Å². The molecule has 1 aromatic rings. The summed E-state index contributed by atoms with van der Waals surface area (Å²) in [7, 11) is 1.78. The van der Waals surface area contributed by atoms with Crippen molar-refractivity contribution in [3.63, 3.8) is 0 Å². The summed E-state index contributed by atoms with van der Waals surface area (Å²) < 4.78 is 6.01. The number of nitrogens with one attached hydrogen (secondary N) is 2. The molecule has 0 aromatic heterocycles. The molecule has 7 heteroatoms. The fraction of sp³-hybridized carbons (Fsp3) is 0.600. The van der Waals surface area contributed by atoms with Crippen molar-refractivity contribution in [2.45, 2.75) is 46.3 Å². The Hall–Kier alpha value is -1.35. The van der Waals surface area contributed by atoms with Gasteiger partial charge in [0.05, 0.1) is 13.2 Å². The van der Waals surface area contributed by atoms with E-state index in [4.69, 9.17) is 4.74 Å². The van der Waals surface area contributed by atoms with Gasteiger partial charge < -0.3 is 20.3 Å². The monoisotopic (exact) mass is 488 g/mol. The lowest BCUT2D eigenvalue weighted by Crippen LogP contribution is -2.48. The third kappa shape index (κ3) is 7.29. The van der Waals surface area contributed by atoms with Crippen molar-refractivity contribution in [2.24, 2.45) is 4.99 Å². The highest BCUT2D eigenvalue weighted by Gasteiger charge is 2.25. The van der Waals surface area contributed by atoms with Crippen molar-refractivity contribution >= 4 is 35.8 Å². The van der Waals surface area contributed by atoms with Gasteiger partial charge in [-0.3, -0.25) is 9.79 Å². The average Bonchev–Trinajstić information content (AvgIpc) is 2.58. The van der Waals surface area contributed by atoms with Gasteiger partial charge >= 0.3 is 0 Å². The normalized spacial score (nSPS) is 17.5. The van der Waals surface area contributed by atoms with Gasteiger partial charge in [0.2, 0.25) is 5.91 Å². The van der Waals surface area contributed by atoms with E-state index in [1.807, 2.05) is 13.8 Å². The summed E-state index contributed by atoms with van der Waals surface area (Å²) >= 11 is 0. The van der Waals surface area contributed by atoms with Gasteiger partial charge in [-0.15, -0.1) is 24.0 Å². The lowest BCUT2D eigenvalue weighted by Gasteiger charge is -2.35. The molecule has 0 saturated carbocycles. The average molecular weight is 488 g/mol. The fourth-order valence-corrected chi connectivity index (χ4v) is 3.23. The SMILES string of the molecule is CN=C(NCCC(=O)NC(C)C)N1CCOC(c2ccc(C)cc2C)C1.I. The molecule has 0 bridgehead atoms. The Balaban J connectivity index is 0.00000364. The van der Waals surface area contributed by atoms with Gasteiger partial charge in [-0.05, 0) is 38.8 Å². The topological polar surface area (TPSA) is 66.0 Å². The number of ether oxygens (including phenoxy) is 1. The molecule has 1 aliphatic heterocycles. The van der Waals surface area contributed by atoms with Crippen molar-refractivity contribution in [1.82, 2.24) is 15.5 Å². The highest BCUT2D eigenvalue weighted by molar-refractivity contribution is 14.0. The predicted octanol–water partition coefficient (Wildman–Crippen LogP) is 2.78. The summed E-state index contributed by atoms with van der Waals surface area (Å²) in [5, 5.41) is 6.20. The van der Waals surface area contributed by atoms with Crippen LogP contribution in [0.3, 0.4) is 0 Å². The summed E-state index contributed by atoms with van der Waals surface area (Å²) in [5.74, 6) is 0.874. The summed E-state index contributed by atoms with van der Waals surface area (Å²) in [6.45, 7) is 10.9. The Bertz CT molecular complexity index is 649. The van der Waals surface area contributed by atoms with Gasteiger partial charge in [-0.2, -0.15) is 0 Å². The van der Waals surface area contributed by atoms with Crippen LogP contribution in [0.25, 0.3) is 0 Å². The summed E-state index contributed by atoms with van der Waals surface area (Å²) in [5.41, 5.74) is 3.74. The third-order valence-electron chi connectivity index (χ3n) is 4.43. The maximum absolute atomic E-state index is 11.8. The minimum Gasteiger partial charge on any atom is -0.370 e. The molecule has 0 radical (unpaired) electrons. The van der Waals surface area contributed by atoms with Crippen LogP contribution in [0.4, 0.5) is 0 Å². The number of benzene rings is 1. The summed E-state index contributed by atoms with van der Waals surface area (Å²) in [4.78, 5) is 18.4. The minimum absolute atomic E-state index is 0. The highest BCUT2D eigenvalue weighted by Crippen LogP contribution is 2.25. The molecule has 1 fully saturated rings. The van der Waals surface area contributed by atoms with E-state index in [1.54, 1.807) is 7.05 Å². The Morgan fingerprint density at radius 1 is 1.37 bits per heavy atom. The van der Waals surface area contributed by atoms with E-state index in [9.17, 15) is 4.79 Å². The van der Waals surface area contributed by atoms with Crippen LogP contribution < -0.4 is 10.6 Å². The third-order valence-corrected chi connectivity index (χ3v) is 4.43. The zero-order valence-electron chi connectivity index (χ0n) is 17.0. The van der Waals surface area contributed by atoms with Crippen molar-refractivity contribution in [1.29, 1.82) is 0 Å². The van der Waals surface area contributed by atoms with E-state index in [0.717, 1.165) is 19.0 Å². The van der Waals surface area contributed by atoms with E-state index in [0.29, 0.717) is 19.6 Å². The first kappa shape index (κ1) is 23.7. The lowest BCUT2D eigenvalue weighted by atomic mass is 10.00. The first-order chi connectivity index (χ1) is 12.4. The molecule has 1 amide bonds. The number of rotatable bonds is 5. The van der Waals surface area contributed by atoms with Crippen LogP contribution in [0, 0.1) is 13.8 Å². The molecule has 0 spiro atoms. The zero-order chi connectivity index (χ0) is 19.1. The number of hydrogen-bond acceptors (Lipinski definition) is 3. The Kier molecular flexibility index (Phi) is 10.1. The molecule has 1 saturated heterocycles. The number of amides is 1. The van der Waals surface area contributed by atoms with E-state index in [-0.39, 0.29) is 42.0 Å². The second-order valence-corrected chi connectivity index (χ2v) is 7.11.